The zero-order valence-electron chi connectivity index (χ0n) is 26.8. The highest BCUT2D eigenvalue weighted by atomic mass is 16.6. The molecule has 3 aliphatic rings. The second-order valence-electron chi connectivity index (χ2n) is 12.5. The van der Waals surface area contributed by atoms with Crippen molar-refractivity contribution in [2.75, 3.05) is 96.8 Å². The Kier molecular flexibility index (Phi) is 12.1. The second kappa shape index (κ2) is 16.2. The number of nitrogens with zero attached hydrogens (tertiary/aromatic N) is 1. The Bertz CT molecular complexity index is 1210. The first-order chi connectivity index (χ1) is 21.5. The van der Waals surface area contributed by atoms with Crippen LogP contribution in [0.15, 0.2) is 42.5 Å². The Hall–Kier alpha value is -2.53. The van der Waals surface area contributed by atoms with Gasteiger partial charge in [0.25, 0.3) is 0 Å². The van der Waals surface area contributed by atoms with E-state index < -0.39 is 0 Å². The van der Waals surface area contributed by atoms with Crippen molar-refractivity contribution >= 4 is 22.8 Å². The number of likely N-dealkylation sites (tertiary alicyclic amines) is 1. The lowest BCUT2D eigenvalue weighted by molar-refractivity contribution is -0.00700. The average molecular weight is 610 g/mol. The summed E-state index contributed by atoms with van der Waals surface area (Å²) >= 11 is 0. The third-order valence-electron chi connectivity index (χ3n) is 9.46. The van der Waals surface area contributed by atoms with Gasteiger partial charge in [-0.2, -0.15) is 0 Å². The van der Waals surface area contributed by atoms with Crippen LogP contribution in [0.4, 0.5) is 17.1 Å². The van der Waals surface area contributed by atoms with E-state index in [0.717, 1.165) is 48.1 Å². The Morgan fingerprint density at radius 1 is 0.864 bits per heavy atom. The number of anilines is 3. The molecule has 2 aliphatic carbocycles. The lowest BCUT2D eigenvalue weighted by Gasteiger charge is -2.53. The number of rotatable bonds is 20. The maximum atomic E-state index is 13.7. The van der Waals surface area contributed by atoms with E-state index in [9.17, 15) is 4.79 Å². The van der Waals surface area contributed by atoms with E-state index in [1.807, 2.05) is 12.1 Å². The van der Waals surface area contributed by atoms with Gasteiger partial charge in [-0.1, -0.05) is 26.0 Å². The van der Waals surface area contributed by atoms with Crippen LogP contribution in [-0.4, -0.2) is 103 Å². The Labute approximate surface area is 262 Å². The highest BCUT2D eigenvalue weighted by Gasteiger charge is 2.52. The predicted molar refractivity (Wildman–Crippen MR) is 173 cm³/mol. The molecule has 2 aromatic rings. The van der Waals surface area contributed by atoms with Gasteiger partial charge < -0.3 is 34.3 Å². The van der Waals surface area contributed by atoms with Crippen LogP contribution in [0.3, 0.4) is 0 Å². The third kappa shape index (κ3) is 8.38. The largest absolute Gasteiger partial charge is 0.382 e. The monoisotopic (exact) mass is 609 g/mol. The molecule has 1 saturated carbocycles. The molecule has 0 spiro atoms. The maximum absolute atomic E-state index is 13.7. The molecule has 1 heterocycles. The first-order valence-electron chi connectivity index (χ1n) is 16.3. The molecule has 3 atom stereocenters. The molecule has 2 aromatic carbocycles. The Balaban J connectivity index is 1.05. The number of fused-ring (bicyclic) bond motifs is 4. The summed E-state index contributed by atoms with van der Waals surface area (Å²) in [6, 6.07) is 14.5. The fourth-order valence-electron chi connectivity index (χ4n) is 6.55. The minimum atomic E-state index is -0.00344. The van der Waals surface area contributed by atoms with Crippen molar-refractivity contribution in [2.24, 2.45) is 11.8 Å². The predicted octanol–water partition coefficient (Wildman–Crippen LogP) is 5.13. The van der Waals surface area contributed by atoms with E-state index in [4.69, 9.17) is 23.7 Å². The van der Waals surface area contributed by atoms with Crippen LogP contribution in [0, 0.1) is 11.8 Å². The topological polar surface area (TPSA) is 90.5 Å². The summed E-state index contributed by atoms with van der Waals surface area (Å²) in [6.45, 7) is 12.4. The third-order valence-corrected chi connectivity index (χ3v) is 9.46. The van der Waals surface area contributed by atoms with Crippen LogP contribution in [0.1, 0.15) is 49.0 Å². The lowest BCUT2D eigenvalue weighted by Crippen LogP contribution is -2.61. The number of hydrogen-bond acceptors (Lipinski definition) is 9. The molecule has 242 valence electrons. The molecule has 0 radical (unpaired) electrons. The van der Waals surface area contributed by atoms with Gasteiger partial charge in [0, 0.05) is 31.5 Å². The number of para-hydroxylation sites is 2. The summed E-state index contributed by atoms with van der Waals surface area (Å²) < 4.78 is 27.1. The quantitative estimate of drug-likeness (QED) is 0.198. The number of carbonyl (C=O) groups excluding carboxylic acids is 1. The van der Waals surface area contributed by atoms with Crippen molar-refractivity contribution in [3.63, 3.8) is 0 Å². The van der Waals surface area contributed by atoms with E-state index in [-0.39, 0.29) is 11.5 Å². The summed E-state index contributed by atoms with van der Waals surface area (Å²) in [7, 11) is 1.66. The zero-order chi connectivity index (χ0) is 30.8. The number of carbonyl (C=O) groups is 1. The standard InChI is InChI=1S/C35H51N3O6/c1-26-33-34(39)29-11-10-28(24-30(29)35(26,2)12-14-38(33)25-27-8-9-27)37-32-7-5-4-6-31(32)36-13-15-41-18-19-43-22-23-44-21-20-42-17-16-40-3/h4-7,10-11,24,26-27,33,36-37H,8-9,12-23,25H2,1-3H3/t26-,33-,35+/m0/s1. The van der Waals surface area contributed by atoms with Gasteiger partial charge in [0.15, 0.2) is 5.78 Å². The first-order valence-corrected chi connectivity index (χ1v) is 16.3. The molecular weight excluding hydrogens is 558 g/mol. The van der Waals surface area contributed by atoms with Crippen LogP contribution < -0.4 is 10.6 Å². The molecule has 1 saturated heterocycles. The maximum Gasteiger partial charge on any atom is 0.180 e. The number of nitrogens with one attached hydrogen (secondary N) is 2. The van der Waals surface area contributed by atoms with E-state index >= 15 is 0 Å². The van der Waals surface area contributed by atoms with Gasteiger partial charge in [0.05, 0.1) is 76.9 Å². The number of benzene rings is 2. The van der Waals surface area contributed by atoms with Crippen LogP contribution >= 0.6 is 0 Å². The Morgan fingerprint density at radius 3 is 2.16 bits per heavy atom. The highest BCUT2D eigenvalue weighted by molar-refractivity contribution is 6.04. The molecule has 2 fully saturated rings. The zero-order valence-corrected chi connectivity index (χ0v) is 26.8. The normalized spacial score (nSPS) is 23.0. The minimum Gasteiger partial charge on any atom is -0.382 e. The van der Waals surface area contributed by atoms with Gasteiger partial charge in [-0.05, 0) is 79.0 Å². The summed E-state index contributed by atoms with van der Waals surface area (Å²) in [5, 5.41) is 7.11. The second-order valence-corrected chi connectivity index (χ2v) is 12.5. The summed E-state index contributed by atoms with van der Waals surface area (Å²) in [6.07, 6.45) is 3.72. The molecule has 2 N–H and O–H groups in total. The number of methoxy groups -OCH3 is 1. The van der Waals surface area contributed by atoms with Gasteiger partial charge in [0.1, 0.15) is 0 Å². The molecule has 1 aliphatic heterocycles. The fourth-order valence-corrected chi connectivity index (χ4v) is 6.55. The minimum absolute atomic E-state index is 0.00344. The van der Waals surface area contributed by atoms with Crippen molar-refractivity contribution < 1.29 is 28.5 Å². The van der Waals surface area contributed by atoms with Crippen molar-refractivity contribution in [3.05, 3.63) is 53.6 Å². The first kappa shape index (κ1) is 32.9. The summed E-state index contributed by atoms with van der Waals surface area (Å²) in [5.74, 6) is 1.40. The van der Waals surface area contributed by atoms with Crippen LogP contribution in [0.2, 0.25) is 0 Å². The number of ether oxygens (including phenoxy) is 5. The van der Waals surface area contributed by atoms with Crippen molar-refractivity contribution in [1.82, 2.24) is 4.90 Å². The van der Waals surface area contributed by atoms with E-state index in [1.54, 1.807) is 7.11 Å². The number of piperidine rings is 1. The number of hydrogen-bond donors (Lipinski definition) is 2. The van der Waals surface area contributed by atoms with Crippen molar-refractivity contribution in [1.29, 1.82) is 0 Å². The number of ketones is 1. The summed E-state index contributed by atoms with van der Waals surface area (Å²) in [5.41, 5.74) is 5.12. The van der Waals surface area contributed by atoms with E-state index in [1.165, 1.54) is 18.4 Å². The van der Waals surface area contributed by atoms with Crippen molar-refractivity contribution in [2.45, 2.75) is 44.6 Å². The fraction of sp³-hybridized carbons (Fsp3) is 0.629. The molecule has 0 amide bonds. The van der Waals surface area contributed by atoms with Gasteiger partial charge in [-0.25, -0.2) is 0 Å². The van der Waals surface area contributed by atoms with E-state index in [0.29, 0.717) is 77.7 Å². The van der Waals surface area contributed by atoms with Crippen LogP contribution in [0.5, 0.6) is 0 Å². The average Bonchev–Trinajstić information content (AvgIpc) is 3.85. The Morgan fingerprint density at radius 2 is 1.50 bits per heavy atom. The summed E-state index contributed by atoms with van der Waals surface area (Å²) in [4.78, 5) is 16.2. The van der Waals surface area contributed by atoms with Crippen LogP contribution in [0.25, 0.3) is 0 Å². The van der Waals surface area contributed by atoms with Gasteiger partial charge in [0.2, 0.25) is 0 Å². The smallest absolute Gasteiger partial charge is 0.180 e. The van der Waals surface area contributed by atoms with Gasteiger partial charge in [-0.15, -0.1) is 0 Å². The van der Waals surface area contributed by atoms with E-state index in [2.05, 4.69) is 59.7 Å². The molecule has 0 unspecified atom stereocenters. The number of Topliss-reactive ketones (excluding diaryl/α,β-unsaturated/α-hetero) is 1. The van der Waals surface area contributed by atoms with Crippen molar-refractivity contribution in [3.8, 4) is 0 Å². The molecule has 9 nitrogen and oxygen atoms in total. The SMILES string of the molecule is COCCOCCOCCOCCOCCNc1ccccc1Nc1ccc2c(c1)[C@]1(C)CCN(CC3CC3)[C@H](C2=O)[C@@H]1C. The van der Waals surface area contributed by atoms with Gasteiger partial charge >= 0.3 is 0 Å². The van der Waals surface area contributed by atoms with Gasteiger partial charge in [-0.3, -0.25) is 9.69 Å². The van der Waals surface area contributed by atoms with Crippen LogP contribution in [-0.2, 0) is 29.1 Å². The molecular formula is C35H51N3O6. The molecule has 2 bridgehead atoms. The molecule has 0 aromatic heterocycles. The lowest BCUT2D eigenvalue weighted by atomic mass is 9.58. The molecule has 44 heavy (non-hydrogen) atoms. The highest BCUT2D eigenvalue weighted by Crippen LogP contribution is 2.50. The molecule has 5 rings (SSSR count). The molecule has 9 heteroatoms.